The Kier molecular flexibility index (Phi) is 4.97. The first kappa shape index (κ1) is 19.6. The van der Waals surface area contributed by atoms with Crippen LogP contribution < -0.4 is 5.32 Å². The Balaban J connectivity index is 1.70. The standard InChI is InChI=1S/C20H17F3N2O3/c1-11-6-7-15-16(8-11)19(28)25(18(15)27)10-17(26)24-12(2)13-4-3-5-14(9-13)20(21,22)23/h3-9,12H,10H2,1-2H3,(H,24,26). The zero-order chi connectivity index (χ0) is 20.6. The monoisotopic (exact) mass is 390 g/mol. The fourth-order valence-electron chi connectivity index (χ4n) is 3.05. The maximum atomic E-state index is 12.8. The molecule has 0 saturated carbocycles. The van der Waals surface area contributed by atoms with Crippen molar-refractivity contribution in [3.8, 4) is 0 Å². The summed E-state index contributed by atoms with van der Waals surface area (Å²) in [7, 11) is 0. The summed E-state index contributed by atoms with van der Waals surface area (Å²) in [5, 5.41) is 2.53. The maximum absolute atomic E-state index is 12.8. The van der Waals surface area contributed by atoms with E-state index in [2.05, 4.69) is 5.32 Å². The number of rotatable bonds is 4. The summed E-state index contributed by atoms with van der Waals surface area (Å²) in [6.45, 7) is 2.80. The van der Waals surface area contributed by atoms with Crippen molar-refractivity contribution < 1.29 is 27.6 Å². The number of fused-ring (bicyclic) bond motifs is 1. The van der Waals surface area contributed by atoms with Crippen molar-refractivity contribution in [3.63, 3.8) is 0 Å². The number of nitrogens with one attached hydrogen (secondary N) is 1. The lowest BCUT2D eigenvalue weighted by Gasteiger charge is -2.18. The first-order valence-corrected chi connectivity index (χ1v) is 8.51. The Morgan fingerprint density at radius 1 is 1.07 bits per heavy atom. The molecule has 3 amide bonds. The quantitative estimate of drug-likeness (QED) is 0.813. The van der Waals surface area contributed by atoms with E-state index < -0.39 is 42.0 Å². The van der Waals surface area contributed by atoms with Gasteiger partial charge in [-0.3, -0.25) is 19.3 Å². The van der Waals surface area contributed by atoms with Crippen molar-refractivity contribution in [2.75, 3.05) is 6.54 Å². The molecule has 5 nitrogen and oxygen atoms in total. The molecule has 1 aliphatic heterocycles. The minimum atomic E-state index is -4.49. The van der Waals surface area contributed by atoms with Gasteiger partial charge in [-0.2, -0.15) is 13.2 Å². The fourth-order valence-corrected chi connectivity index (χ4v) is 3.05. The van der Waals surface area contributed by atoms with Gasteiger partial charge < -0.3 is 5.32 Å². The number of carbonyl (C=O) groups is 3. The van der Waals surface area contributed by atoms with Crippen molar-refractivity contribution in [1.82, 2.24) is 10.2 Å². The van der Waals surface area contributed by atoms with Crippen molar-refractivity contribution in [3.05, 3.63) is 70.3 Å². The van der Waals surface area contributed by atoms with Gasteiger partial charge in [-0.15, -0.1) is 0 Å². The van der Waals surface area contributed by atoms with Crippen LogP contribution in [0.15, 0.2) is 42.5 Å². The van der Waals surface area contributed by atoms with Gasteiger partial charge in [0.15, 0.2) is 0 Å². The van der Waals surface area contributed by atoms with Crippen LogP contribution in [-0.4, -0.2) is 29.2 Å². The molecule has 28 heavy (non-hydrogen) atoms. The van der Waals surface area contributed by atoms with Gasteiger partial charge in [0.1, 0.15) is 6.54 Å². The van der Waals surface area contributed by atoms with E-state index in [1.54, 1.807) is 19.1 Å². The summed E-state index contributed by atoms with van der Waals surface area (Å²) in [6.07, 6.45) is -4.49. The smallest absolute Gasteiger partial charge is 0.348 e. The Labute approximate surface area is 159 Å². The number of alkyl halides is 3. The molecule has 2 aromatic rings. The molecule has 0 aromatic heterocycles. The van der Waals surface area contributed by atoms with Crippen molar-refractivity contribution in [1.29, 1.82) is 0 Å². The van der Waals surface area contributed by atoms with Gasteiger partial charge in [0.25, 0.3) is 11.8 Å². The molecule has 1 heterocycles. The fraction of sp³-hybridized carbons (Fsp3) is 0.250. The highest BCUT2D eigenvalue weighted by molar-refractivity contribution is 6.22. The predicted octanol–water partition coefficient (Wildman–Crippen LogP) is 3.49. The Bertz CT molecular complexity index is 969. The van der Waals surface area contributed by atoms with E-state index in [1.165, 1.54) is 25.1 Å². The molecular formula is C20H17F3N2O3. The minimum absolute atomic E-state index is 0.231. The molecule has 2 aromatic carbocycles. The topological polar surface area (TPSA) is 66.5 Å². The summed E-state index contributed by atoms with van der Waals surface area (Å²) in [6, 6.07) is 8.70. The molecule has 0 aliphatic carbocycles. The number of imide groups is 1. The molecule has 0 bridgehead atoms. The molecule has 8 heteroatoms. The highest BCUT2D eigenvalue weighted by atomic mass is 19.4. The van der Waals surface area contributed by atoms with E-state index in [0.717, 1.165) is 22.6 Å². The zero-order valence-corrected chi connectivity index (χ0v) is 15.1. The van der Waals surface area contributed by atoms with Crippen LogP contribution in [0, 0.1) is 6.92 Å². The number of aryl methyl sites for hydroxylation is 1. The van der Waals surface area contributed by atoms with Gasteiger partial charge in [-0.05, 0) is 43.7 Å². The lowest BCUT2D eigenvalue weighted by Crippen LogP contribution is -2.41. The van der Waals surface area contributed by atoms with E-state index in [-0.39, 0.29) is 16.7 Å². The summed E-state index contributed by atoms with van der Waals surface area (Å²) in [5.41, 5.74) is 0.727. The average Bonchev–Trinajstić information content (AvgIpc) is 2.85. The van der Waals surface area contributed by atoms with Crippen molar-refractivity contribution in [2.24, 2.45) is 0 Å². The lowest BCUT2D eigenvalue weighted by atomic mass is 10.0. The van der Waals surface area contributed by atoms with Crippen molar-refractivity contribution >= 4 is 17.7 Å². The second-order valence-corrected chi connectivity index (χ2v) is 6.66. The summed E-state index contributed by atoms with van der Waals surface area (Å²) in [5.74, 6) is -1.77. The second kappa shape index (κ2) is 7.10. The number of benzene rings is 2. The number of carbonyl (C=O) groups excluding carboxylic acids is 3. The summed E-state index contributed by atoms with van der Waals surface area (Å²) in [4.78, 5) is 37.9. The molecule has 146 valence electrons. The normalized spacial score (nSPS) is 14.8. The molecule has 1 aliphatic rings. The zero-order valence-electron chi connectivity index (χ0n) is 15.1. The van der Waals surface area contributed by atoms with E-state index in [1.807, 2.05) is 0 Å². The van der Waals surface area contributed by atoms with Gasteiger partial charge >= 0.3 is 6.18 Å². The van der Waals surface area contributed by atoms with E-state index in [0.29, 0.717) is 0 Å². The number of amides is 3. The Morgan fingerprint density at radius 3 is 2.43 bits per heavy atom. The first-order valence-electron chi connectivity index (χ1n) is 8.51. The number of nitrogens with zero attached hydrogens (tertiary/aromatic N) is 1. The third kappa shape index (κ3) is 3.76. The SMILES string of the molecule is Cc1ccc2c(c1)C(=O)N(CC(=O)NC(C)c1cccc(C(F)(F)F)c1)C2=O. The van der Waals surface area contributed by atoms with Gasteiger partial charge in [0, 0.05) is 0 Å². The largest absolute Gasteiger partial charge is 0.416 e. The van der Waals surface area contributed by atoms with Gasteiger partial charge in [-0.25, -0.2) is 0 Å². The van der Waals surface area contributed by atoms with Crippen LogP contribution in [0.3, 0.4) is 0 Å². The summed E-state index contributed by atoms with van der Waals surface area (Å²) < 4.78 is 38.5. The minimum Gasteiger partial charge on any atom is -0.348 e. The van der Waals surface area contributed by atoms with Crippen molar-refractivity contribution in [2.45, 2.75) is 26.1 Å². The highest BCUT2D eigenvalue weighted by Crippen LogP contribution is 2.30. The van der Waals surface area contributed by atoms with Gasteiger partial charge in [0.2, 0.25) is 5.91 Å². The number of hydrogen-bond acceptors (Lipinski definition) is 3. The molecule has 0 radical (unpaired) electrons. The summed E-state index contributed by atoms with van der Waals surface area (Å²) >= 11 is 0. The molecule has 0 fully saturated rings. The molecule has 3 rings (SSSR count). The van der Waals surface area contributed by atoms with E-state index in [9.17, 15) is 27.6 Å². The first-order chi connectivity index (χ1) is 13.1. The van der Waals surface area contributed by atoms with Crippen LogP contribution in [-0.2, 0) is 11.0 Å². The second-order valence-electron chi connectivity index (χ2n) is 6.66. The lowest BCUT2D eigenvalue weighted by molar-refractivity contribution is -0.137. The molecular weight excluding hydrogens is 373 g/mol. The average molecular weight is 390 g/mol. The van der Waals surface area contributed by atoms with Crippen LogP contribution in [0.4, 0.5) is 13.2 Å². The third-order valence-electron chi connectivity index (χ3n) is 4.52. The molecule has 1 unspecified atom stereocenters. The predicted molar refractivity (Wildman–Crippen MR) is 94.5 cm³/mol. The number of halogens is 3. The van der Waals surface area contributed by atoms with E-state index >= 15 is 0 Å². The van der Waals surface area contributed by atoms with Crippen LogP contribution in [0.5, 0.6) is 0 Å². The third-order valence-corrected chi connectivity index (χ3v) is 4.52. The maximum Gasteiger partial charge on any atom is 0.416 e. The molecule has 0 saturated heterocycles. The Morgan fingerprint density at radius 2 is 1.75 bits per heavy atom. The number of hydrogen-bond donors (Lipinski definition) is 1. The molecule has 1 atom stereocenters. The van der Waals surface area contributed by atoms with Crippen LogP contribution in [0.25, 0.3) is 0 Å². The van der Waals surface area contributed by atoms with Crippen LogP contribution in [0.2, 0.25) is 0 Å². The van der Waals surface area contributed by atoms with Crippen LogP contribution >= 0.6 is 0 Å². The van der Waals surface area contributed by atoms with Gasteiger partial charge in [-0.1, -0.05) is 23.8 Å². The van der Waals surface area contributed by atoms with E-state index in [4.69, 9.17) is 0 Å². The molecule has 0 spiro atoms. The Hall–Kier alpha value is -3.16. The van der Waals surface area contributed by atoms with Crippen LogP contribution in [0.1, 0.15) is 50.4 Å². The highest BCUT2D eigenvalue weighted by Gasteiger charge is 2.37. The van der Waals surface area contributed by atoms with Gasteiger partial charge in [0.05, 0.1) is 22.7 Å². The molecule has 1 N–H and O–H groups in total.